The maximum absolute atomic E-state index is 12.6. The molecule has 176 valence electrons. The van der Waals surface area contributed by atoms with Gasteiger partial charge < -0.3 is 19.9 Å². The highest BCUT2D eigenvalue weighted by Gasteiger charge is 2.18. The Morgan fingerprint density at radius 3 is 2.88 bits per heavy atom. The molecule has 0 saturated heterocycles. The first-order valence-corrected chi connectivity index (χ1v) is 12.7. The Labute approximate surface area is 199 Å². The number of para-hydroxylation sites is 2. The zero-order valence-electron chi connectivity index (χ0n) is 19.3. The smallest absolute Gasteiger partial charge is 0.410 e. The summed E-state index contributed by atoms with van der Waals surface area (Å²) in [4.78, 5) is 26.9. The normalized spacial score (nSPS) is 14.3. The van der Waals surface area contributed by atoms with Crippen LogP contribution in [-0.2, 0) is 17.7 Å². The van der Waals surface area contributed by atoms with Crippen LogP contribution in [0.2, 0.25) is 0 Å². The van der Waals surface area contributed by atoms with Crippen molar-refractivity contribution in [1.29, 1.82) is 0 Å². The highest BCUT2D eigenvalue weighted by atomic mass is 32.1. The second-order valence-corrected chi connectivity index (χ2v) is 9.50. The predicted octanol–water partition coefficient (Wildman–Crippen LogP) is 5.36. The number of carbonyl (C=O) groups is 1. The van der Waals surface area contributed by atoms with Crippen LogP contribution in [0.4, 0.5) is 4.79 Å². The molecule has 2 aromatic heterocycles. The minimum Gasteiger partial charge on any atom is -0.450 e. The van der Waals surface area contributed by atoms with E-state index in [1.54, 1.807) is 16.2 Å². The molecule has 0 bridgehead atoms. The molecule has 0 aliphatic heterocycles. The number of aromatic amines is 1. The van der Waals surface area contributed by atoms with Crippen LogP contribution in [-0.4, -0.2) is 45.6 Å². The summed E-state index contributed by atoms with van der Waals surface area (Å²) in [5.74, 6) is 1.48. The minimum absolute atomic E-state index is 0.337. The molecule has 8 heteroatoms. The number of thiazole rings is 1. The average Bonchev–Trinajstić information content (AvgIpc) is 3.47. The largest absolute Gasteiger partial charge is 0.450 e. The number of imidazole rings is 1. The summed E-state index contributed by atoms with van der Waals surface area (Å²) in [7, 11) is 0. The third-order valence-electron chi connectivity index (χ3n) is 6.09. The third-order valence-corrected chi connectivity index (χ3v) is 7.00. The van der Waals surface area contributed by atoms with Gasteiger partial charge in [0.05, 0.1) is 40.6 Å². The Morgan fingerprint density at radius 2 is 2.09 bits per heavy atom. The standard InChI is InChI=1S/C25H33N5O2S/c1-3-32-25(31)30(16-23-27-20-11-7-8-12-21(20)28-23)14-13-24-29-22(17-33-24)18(2)26-15-19-9-5-4-6-10-19/h7-8,11-12,17,19,26H,2-6,9-10,13-16H2,1H3,(H,27,28). The van der Waals surface area contributed by atoms with E-state index >= 15 is 0 Å². The van der Waals surface area contributed by atoms with Gasteiger partial charge in [-0.2, -0.15) is 0 Å². The Kier molecular flexibility index (Phi) is 7.99. The van der Waals surface area contributed by atoms with Crippen molar-refractivity contribution in [1.82, 2.24) is 25.2 Å². The lowest BCUT2D eigenvalue weighted by molar-refractivity contribution is 0.104. The minimum atomic E-state index is -0.340. The van der Waals surface area contributed by atoms with Gasteiger partial charge in [0.1, 0.15) is 5.82 Å². The van der Waals surface area contributed by atoms with E-state index in [2.05, 4.69) is 21.9 Å². The number of benzene rings is 1. The highest BCUT2D eigenvalue weighted by molar-refractivity contribution is 7.09. The third kappa shape index (κ3) is 6.35. The van der Waals surface area contributed by atoms with Crippen molar-refractivity contribution in [2.45, 2.75) is 52.0 Å². The topological polar surface area (TPSA) is 83.1 Å². The van der Waals surface area contributed by atoms with E-state index in [4.69, 9.17) is 9.72 Å². The molecule has 0 atom stereocenters. The molecule has 2 N–H and O–H groups in total. The number of nitrogens with one attached hydrogen (secondary N) is 2. The van der Waals surface area contributed by atoms with Crippen molar-refractivity contribution >= 4 is 34.2 Å². The average molecular weight is 468 g/mol. The summed E-state index contributed by atoms with van der Waals surface area (Å²) in [5.41, 5.74) is 3.62. The van der Waals surface area contributed by atoms with E-state index < -0.39 is 0 Å². The van der Waals surface area contributed by atoms with Crippen molar-refractivity contribution in [3.05, 3.63) is 52.8 Å². The van der Waals surface area contributed by atoms with Crippen LogP contribution in [0.25, 0.3) is 16.7 Å². The number of rotatable bonds is 10. The number of nitrogens with zero attached hydrogens (tertiary/aromatic N) is 3. The molecule has 0 radical (unpaired) electrons. The van der Waals surface area contributed by atoms with Crippen LogP contribution in [0.15, 0.2) is 36.2 Å². The van der Waals surface area contributed by atoms with Gasteiger partial charge in [-0.05, 0) is 37.8 Å². The molecule has 7 nitrogen and oxygen atoms in total. The van der Waals surface area contributed by atoms with Crippen LogP contribution >= 0.6 is 11.3 Å². The SMILES string of the molecule is C=C(NCC1CCCCC1)c1csc(CCN(Cc2nc3ccccc3[nH]2)C(=O)OCC)n1. The van der Waals surface area contributed by atoms with E-state index in [9.17, 15) is 4.79 Å². The fourth-order valence-corrected chi connectivity index (χ4v) is 5.06. The molecule has 0 unspecified atom stereocenters. The van der Waals surface area contributed by atoms with Gasteiger partial charge in [0.15, 0.2) is 0 Å². The monoisotopic (exact) mass is 467 g/mol. The number of carbonyl (C=O) groups excluding carboxylic acids is 1. The second kappa shape index (κ2) is 11.3. The molecule has 1 saturated carbocycles. The predicted molar refractivity (Wildman–Crippen MR) is 133 cm³/mol. The Hall–Kier alpha value is -2.87. The van der Waals surface area contributed by atoms with Crippen LogP contribution in [0.5, 0.6) is 0 Å². The molecule has 3 aromatic rings. The number of aromatic nitrogens is 3. The Morgan fingerprint density at radius 1 is 1.27 bits per heavy atom. The van der Waals surface area contributed by atoms with Gasteiger partial charge in [-0.1, -0.05) is 38.0 Å². The molecular formula is C25H33N5O2S. The molecule has 33 heavy (non-hydrogen) atoms. The van der Waals surface area contributed by atoms with Crippen molar-refractivity contribution in [3.8, 4) is 0 Å². The summed E-state index contributed by atoms with van der Waals surface area (Å²) in [6.45, 7) is 8.17. The first-order valence-electron chi connectivity index (χ1n) is 11.8. The van der Waals surface area contributed by atoms with Gasteiger partial charge in [-0.3, -0.25) is 0 Å². The molecule has 1 aliphatic rings. The van der Waals surface area contributed by atoms with Crippen LogP contribution in [0.1, 0.15) is 55.6 Å². The van der Waals surface area contributed by atoms with Gasteiger partial charge >= 0.3 is 6.09 Å². The lowest BCUT2D eigenvalue weighted by atomic mass is 9.89. The zero-order valence-corrected chi connectivity index (χ0v) is 20.1. The maximum atomic E-state index is 12.6. The second-order valence-electron chi connectivity index (χ2n) is 8.56. The van der Waals surface area contributed by atoms with E-state index in [0.717, 1.165) is 45.7 Å². The van der Waals surface area contributed by atoms with E-state index in [1.165, 1.54) is 32.1 Å². The van der Waals surface area contributed by atoms with E-state index in [-0.39, 0.29) is 6.09 Å². The highest BCUT2D eigenvalue weighted by Crippen LogP contribution is 2.24. The number of ether oxygens (including phenoxy) is 1. The summed E-state index contributed by atoms with van der Waals surface area (Å²) in [6, 6.07) is 7.85. The lowest BCUT2D eigenvalue weighted by Crippen LogP contribution is -2.33. The van der Waals surface area contributed by atoms with Gasteiger partial charge in [0, 0.05) is 24.9 Å². The number of hydrogen-bond donors (Lipinski definition) is 2. The zero-order chi connectivity index (χ0) is 23.0. The molecule has 4 rings (SSSR count). The van der Waals surface area contributed by atoms with Crippen LogP contribution < -0.4 is 5.32 Å². The molecule has 1 aliphatic carbocycles. The lowest BCUT2D eigenvalue weighted by Gasteiger charge is -2.22. The first kappa shape index (κ1) is 23.3. The summed E-state index contributed by atoms with van der Waals surface area (Å²) in [5, 5.41) is 6.50. The van der Waals surface area contributed by atoms with Crippen molar-refractivity contribution in [2.24, 2.45) is 5.92 Å². The number of hydrogen-bond acceptors (Lipinski definition) is 6. The quantitative estimate of drug-likeness (QED) is 0.419. The molecule has 2 heterocycles. The fourth-order valence-electron chi connectivity index (χ4n) is 4.26. The Bertz CT molecular complexity index is 1040. The first-order chi connectivity index (χ1) is 16.1. The number of amides is 1. The van der Waals surface area contributed by atoms with Gasteiger partial charge in [-0.25, -0.2) is 14.8 Å². The number of fused-ring (bicyclic) bond motifs is 1. The van der Waals surface area contributed by atoms with Crippen molar-refractivity contribution in [2.75, 3.05) is 19.7 Å². The molecule has 1 amide bonds. The molecule has 1 aromatic carbocycles. The Balaban J connectivity index is 1.33. The van der Waals surface area contributed by atoms with Gasteiger partial charge in [0.25, 0.3) is 0 Å². The van der Waals surface area contributed by atoms with E-state index in [1.807, 2.05) is 36.6 Å². The molecule has 1 fully saturated rings. The van der Waals surface area contributed by atoms with Crippen LogP contribution in [0, 0.1) is 5.92 Å². The number of H-pyrrole nitrogens is 1. The van der Waals surface area contributed by atoms with Gasteiger partial charge in [-0.15, -0.1) is 11.3 Å². The molecule has 0 spiro atoms. The fraction of sp³-hybridized carbons (Fsp3) is 0.480. The maximum Gasteiger partial charge on any atom is 0.410 e. The summed E-state index contributed by atoms with van der Waals surface area (Å²) in [6.07, 6.45) is 6.96. The van der Waals surface area contributed by atoms with E-state index in [0.29, 0.717) is 26.1 Å². The van der Waals surface area contributed by atoms with Crippen molar-refractivity contribution < 1.29 is 9.53 Å². The van der Waals surface area contributed by atoms with Crippen LogP contribution in [0.3, 0.4) is 0 Å². The van der Waals surface area contributed by atoms with Crippen molar-refractivity contribution in [3.63, 3.8) is 0 Å². The summed E-state index contributed by atoms with van der Waals surface area (Å²) >= 11 is 1.60. The summed E-state index contributed by atoms with van der Waals surface area (Å²) < 4.78 is 5.28. The molecular weight excluding hydrogens is 434 g/mol. The van der Waals surface area contributed by atoms with Gasteiger partial charge in [0.2, 0.25) is 0 Å².